The lowest BCUT2D eigenvalue weighted by molar-refractivity contribution is -0.131. The molecule has 0 saturated carbocycles. The Morgan fingerprint density at radius 1 is 1.15 bits per heavy atom. The Bertz CT molecular complexity index is 895. The number of fused-ring (bicyclic) bond motifs is 1. The predicted octanol–water partition coefficient (Wildman–Crippen LogP) is 3.62. The van der Waals surface area contributed by atoms with Gasteiger partial charge in [0.1, 0.15) is 5.82 Å². The zero-order chi connectivity index (χ0) is 17.9. The van der Waals surface area contributed by atoms with Crippen LogP contribution in [0.4, 0.5) is 0 Å². The van der Waals surface area contributed by atoms with Crippen molar-refractivity contribution in [3.05, 3.63) is 60.6 Å². The maximum Gasteiger partial charge on any atom is 0.235 e. The number of pyridine rings is 1. The average Bonchev–Trinajstić information content (AvgIpc) is 3.12. The van der Waals surface area contributed by atoms with Crippen molar-refractivity contribution in [1.29, 1.82) is 0 Å². The van der Waals surface area contributed by atoms with Crippen molar-refractivity contribution in [1.82, 2.24) is 19.5 Å². The number of likely N-dealkylation sites (tertiary alicyclic amines) is 1. The molecule has 0 N–H and O–H groups in total. The van der Waals surface area contributed by atoms with Crippen LogP contribution in [0.3, 0.4) is 0 Å². The summed E-state index contributed by atoms with van der Waals surface area (Å²) in [7, 11) is 0. The Balaban J connectivity index is 1.47. The average molecular weight is 366 g/mol. The first kappa shape index (κ1) is 17.1. The second-order valence-electron chi connectivity index (χ2n) is 6.68. The lowest BCUT2D eigenvalue weighted by atomic mass is 9.97. The SMILES string of the molecule is CC(Sc1ccccc1)C(=O)N1CCCC(c2nnc3ccccn23)C1. The molecule has 2 unspecified atom stereocenters. The van der Waals surface area contributed by atoms with Crippen LogP contribution in [0, 0.1) is 0 Å². The molecule has 1 saturated heterocycles. The molecule has 0 aliphatic carbocycles. The fourth-order valence-electron chi connectivity index (χ4n) is 3.54. The molecule has 1 fully saturated rings. The number of hydrogen-bond acceptors (Lipinski definition) is 4. The van der Waals surface area contributed by atoms with Gasteiger partial charge in [-0.15, -0.1) is 22.0 Å². The molecule has 1 aromatic carbocycles. The van der Waals surface area contributed by atoms with Crippen molar-refractivity contribution < 1.29 is 4.79 Å². The highest BCUT2D eigenvalue weighted by atomic mass is 32.2. The van der Waals surface area contributed by atoms with E-state index in [0.717, 1.165) is 35.8 Å². The van der Waals surface area contributed by atoms with Crippen LogP contribution in [0.2, 0.25) is 0 Å². The van der Waals surface area contributed by atoms with Gasteiger partial charge >= 0.3 is 0 Å². The van der Waals surface area contributed by atoms with E-state index in [1.165, 1.54) is 0 Å². The third-order valence-electron chi connectivity index (χ3n) is 4.84. The molecular formula is C20H22N4OS. The topological polar surface area (TPSA) is 50.5 Å². The fraction of sp³-hybridized carbons (Fsp3) is 0.350. The molecule has 26 heavy (non-hydrogen) atoms. The molecule has 2 atom stereocenters. The van der Waals surface area contributed by atoms with Crippen molar-refractivity contribution in [3.63, 3.8) is 0 Å². The first-order chi connectivity index (χ1) is 12.7. The van der Waals surface area contributed by atoms with E-state index in [0.29, 0.717) is 6.54 Å². The van der Waals surface area contributed by atoms with E-state index >= 15 is 0 Å². The van der Waals surface area contributed by atoms with Gasteiger partial charge in [0.05, 0.1) is 5.25 Å². The summed E-state index contributed by atoms with van der Waals surface area (Å²) in [6.45, 7) is 3.54. The van der Waals surface area contributed by atoms with E-state index < -0.39 is 0 Å². The minimum absolute atomic E-state index is 0.0914. The molecule has 1 aliphatic heterocycles. The summed E-state index contributed by atoms with van der Waals surface area (Å²) < 4.78 is 2.04. The van der Waals surface area contributed by atoms with Crippen LogP contribution in [0.1, 0.15) is 31.5 Å². The number of amides is 1. The van der Waals surface area contributed by atoms with Gasteiger partial charge in [0.2, 0.25) is 5.91 Å². The van der Waals surface area contributed by atoms with E-state index in [4.69, 9.17) is 0 Å². The van der Waals surface area contributed by atoms with Crippen molar-refractivity contribution >= 4 is 23.3 Å². The molecule has 0 bridgehead atoms. The number of piperidine rings is 1. The minimum Gasteiger partial charge on any atom is -0.341 e. The zero-order valence-corrected chi connectivity index (χ0v) is 15.6. The van der Waals surface area contributed by atoms with Crippen LogP contribution in [0.5, 0.6) is 0 Å². The van der Waals surface area contributed by atoms with Crippen molar-refractivity contribution in [2.75, 3.05) is 13.1 Å². The standard InChI is InChI=1S/C20H22N4OS/c1-15(26-17-9-3-2-4-10-17)20(25)23-12-7-8-16(14-23)19-22-21-18-11-5-6-13-24(18)19/h2-6,9-11,13,15-16H,7-8,12,14H2,1H3. The number of thioether (sulfide) groups is 1. The summed E-state index contributed by atoms with van der Waals surface area (Å²) in [4.78, 5) is 16.1. The number of nitrogens with zero attached hydrogens (tertiary/aromatic N) is 4. The molecule has 3 aromatic rings. The monoisotopic (exact) mass is 366 g/mol. The van der Waals surface area contributed by atoms with Gasteiger partial charge in [0.15, 0.2) is 5.65 Å². The van der Waals surface area contributed by atoms with Crippen LogP contribution in [0.25, 0.3) is 5.65 Å². The maximum atomic E-state index is 12.9. The van der Waals surface area contributed by atoms with Crippen molar-refractivity contribution in [3.8, 4) is 0 Å². The summed E-state index contributed by atoms with van der Waals surface area (Å²) in [6.07, 6.45) is 4.04. The van der Waals surface area contributed by atoms with Gasteiger partial charge in [-0.05, 0) is 44.0 Å². The Morgan fingerprint density at radius 3 is 2.81 bits per heavy atom. The Kier molecular flexibility index (Phi) is 4.93. The van der Waals surface area contributed by atoms with Gasteiger partial charge < -0.3 is 4.90 Å². The molecule has 0 radical (unpaired) electrons. The molecule has 2 aromatic heterocycles. The molecule has 1 amide bonds. The second kappa shape index (κ2) is 7.50. The highest BCUT2D eigenvalue weighted by molar-refractivity contribution is 8.00. The number of carbonyl (C=O) groups is 1. The second-order valence-corrected chi connectivity index (χ2v) is 8.10. The van der Waals surface area contributed by atoms with E-state index in [1.54, 1.807) is 11.8 Å². The molecule has 4 rings (SSSR count). The summed E-state index contributed by atoms with van der Waals surface area (Å²) in [5.41, 5.74) is 0.860. The predicted molar refractivity (Wildman–Crippen MR) is 103 cm³/mol. The molecular weight excluding hydrogens is 344 g/mol. The van der Waals surface area contributed by atoms with E-state index in [1.807, 2.05) is 58.8 Å². The van der Waals surface area contributed by atoms with Crippen LogP contribution in [-0.4, -0.2) is 43.7 Å². The Labute approximate surface area is 157 Å². The number of carbonyl (C=O) groups excluding carboxylic acids is 1. The molecule has 0 spiro atoms. The van der Waals surface area contributed by atoms with Gasteiger partial charge in [-0.2, -0.15) is 0 Å². The summed E-state index contributed by atoms with van der Waals surface area (Å²) in [6, 6.07) is 16.0. The maximum absolute atomic E-state index is 12.9. The molecule has 3 heterocycles. The number of aromatic nitrogens is 3. The molecule has 5 nitrogen and oxygen atoms in total. The van der Waals surface area contributed by atoms with Gasteiger partial charge in [0.25, 0.3) is 0 Å². The Hall–Kier alpha value is -2.34. The van der Waals surface area contributed by atoms with Gasteiger partial charge in [0, 0.05) is 30.1 Å². The largest absolute Gasteiger partial charge is 0.341 e. The van der Waals surface area contributed by atoms with E-state index in [2.05, 4.69) is 22.3 Å². The summed E-state index contributed by atoms with van der Waals surface area (Å²) in [5, 5.41) is 8.56. The minimum atomic E-state index is -0.0914. The Morgan fingerprint density at radius 2 is 1.96 bits per heavy atom. The van der Waals surface area contributed by atoms with E-state index in [-0.39, 0.29) is 17.1 Å². The van der Waals surface area contributed by atoms with E-state index in [9.17, 15) is 4.79 Å². The van der Waals surface area contributed by atoms with Crippen LogP contribution < -0.4 is 0 Å². The van der Waals surface area contributed by atoms with Gasteiger partial charge in [-0.1, -0.05) is 24.3 Å². The molecule has 6 heteroatoms. The first-order valence-corrected chi connectivity index (χ1v) is 9.90. The lowest BCUT2D eigenvalue weighted by Crippen LogP contribution is -2.43. The summed E-state index contributed by atoms with van der Waals surface area (Å²) in [5.74, 6) is 1.40. The highest BCUT2D eigenvalue weighted by Gasteiger charge is 2.30. The lowest BCUT2D eigenvalue weighted by Gasteiger charge is -2.33. The van der Waals surface area contributed by atoms with Crippen LogP contribution >= 0.6 is 11.8 Å². The smallest absolute Gasteiger partial charge is 0.235 e. The molecule has 134 valence electrons. The van der Waals surface area contributed by atoms with Crippen molar-refractivity contribution in [2.45, 2.75) is 35.8 Å². The quantitative estimate of drug-likeness (QED) is 0.662. The highest BCUT2D eigenvalue weighted by Crippen LogP contribution is 2.29. The third kappa shape index (κ3) is 3.46. The van der Waals surface area contributed by atoms with Crippen LogP contribution in [0.15, 0.2) is 59.6 Å². The first-order valence-electron chi connectivity index (χ1n) is 9.02. The number of hydrogen-bond donors (Lipinski definition) is 0. The number of benzene rings is 1. The normalized spacial score (nSPS) is 18.8. The van der Waals surface area contributed by atoms with Crippen molar-refractivity contribution in [2.24, 2.45) is 0 Å². The summed E-state index contributed by atoms with van der Waals surface area (Å²) >= 11 is 1.62. The van der Waals surface area contributed by atoms with Crippen LogP contribution in [-0.2, 0) is 4.79 Å². The van der Waals surface area contributed by atoms with Gasteiger partial charge in [-0.25, -0.2) is 0 Å². The fourth-order valence-corrected chi connectivity index (χ4v) is 4.51. The number of rotatable bonds is 4. The molecule has 1 aliphatic rings. The zero-order valence-electron chi connectivity index (χ0n) is 14.8. The third-order valence-corrected chi connectivity index (χ3v) is 5.94. The van der Waals surface area contributed by atoms with Gasteiger partial charge in [-0.3, -0.25) is 9.20 Å².